The molecule has 2 nitrogen and oxygen atoms in total. The van der Waals surface area contributed by atoms with Gasteiger partial charge in [-0.05, 0) is 13.3 Å². The van der Waals surface area contributed by atoms with Gasteiger partial charge in [-0.2, -0.15) is 23.5 Å². The number of amidine groups is 1. The van der Waals surface area contributed by atoms with E-state index in [0.29, 0.717) is 6.04 Å². The van der Waals surface area contributed by atoms with Crippen molar-refractivity contribution in [2.24, 2.45) is 4.99 Å². The van der Waals surface area contributed by atoms with Crippen molar-refractivity contribution in [2.75, 3.05) is 29.6 Å². The Balaban J connectivity index is 1.76. The van der Waals surface area contributed by atoms with Crippen LogP contribution >= 0.6 is 35.3 Å². The van der Waals surface area contributed by atoms with Crippen molar-refractivity contribution in [3.05, 3.63) is 0 Å². The fourth-order valence-corrected chi connectivity index (χ4v) is 5.27. The maximum atomic E-state index is 4.69. The minimum atomic E-state index is 0.610. The van der Waals surface area contributed by atoms with E-state index >= 15 is 0 Å². The minimum absolute atomic E-state index is 0.610. The Bertz CT molecular complexity index is 227. The van der Waals surface area contributed by atoms with Crippen LogP contribution in [0.15, 0.2) is 4.99 Å². The van der Waals surface area contributed by atoms with Crippen LogP contribution in [0.1, 0.15) is 13.3 Å². The number of aliphatic imine (C=N–C) groups is 1. The van der Waals surface area contributed by atoms with Crippen molar-refractivity contribution in [1.29, 1.82) is 0 Å². The Labute approximate surface area is 105 Å². The highest BCUT2D eigenvalue weighted by molar-refractivity contribution is 8.13. The SMILES string of the molecule is CC1CCSC(=NCC2CSCCS2)N1. The van der Waals surface area contributed by atoms with E-state index in [0.717, 1.165) is 11.8 Å². The van der Waals surface area contributed by atoms with Crippen molar-refractivity contribution < 1.29 is 0 Å². The van der Waals surface area contributed by atoms with Gasteiger partial charge in [-0.1, -0.05) is 11.8 Å². The van der Waals surface area contributed by atoms with Crippen LogP contribution in [-0.4, -0.2) is 46.0 Å². The third-order valence-corrected chi connectivity index (χ3v) is 6.27. The summed E-state index contributed by atoms with van der Waals surface area (Å²) in [6.45, 7) is 3.24. The van der Waals surface area contributed by atoms with Gasteiger partial charge < -0.3 is 5.32 Å². The highest BCUT2D eigenvalue weighted by atomic mass is 32.2. The monoisotopic (exact) mass is 262 g/mol. The maximum Gasteiger partial charge on any atom is 0.156 e. The van der Waals surface area contributed by atoms with E-state index in [1.54, 1.807) is 0 Å². The Kier molecular flexibility index (Phi) is 5.04. The first kappa shape index (κ1) is 12.0. The summed E-state index contributed by atoms with van der Waals surface area (Å²) < 4.78 is 0. The van der Waals surface area contributed by atoms with Crippen LogP contribution in [0.2, 0.25) is 0 Å². The van der Waals surface area contributed by atoms with Gasteiger partial charge in [-0.15, -0.1) is 0 Å². The molecule has 15 heavy (non-hydrogen) atoms. The second-order valence-electron chi connectivity index (χ2n) is 3.90. The lowest BCUT2D eigenvalue weighted by molar-refractivity contribution is 0.642. The Morgan fingerprint density at radius 1 is 1.40 bits per heavy atom. The van der Waals surface area contributed by atoms with Gasteiger partial charge in [0.2, 0.25) is 0 Å². The molecule has 2 fully saturated rings. The molecule has 2 heterocycles. The van der Waals surface area contributed by atoms with Gasteiger partial charge in [0, 0.05) is 34.3 Å². The molecule has 0 amide bonds. The van der Waals surface area contributed by atoms with Crippen LogP contribution in [0.25, 0.3) is 0 Å². The molecule has 2 aliphatic heterocycles. The molecule has 0 aliphatic carbocycles. The largest absolute Gasteiger partial charge is 0.362 e. The number of rotatable bonds is 2. The Morgan fingerprint density at radius 2 is 2.33 bits per heavy atom. The van der Waals surface area contributed by atoms with Gasteiger partial charge in [0.1, 0.15) is 0 Å². The normalized spacial score (nSPS) is 35.1. The first-order valence-corrected chi connectivity index (χ1v) is 8.66. The first-order chi connectivity index (χ1) is 7.34. The van der Waals surface area contributed by atoms with Crippen molar-refractivity contribution in [3.8, 4) is 0 Å². The summed E-state index contributed by atoms with van der Waals surface area (Å²) in [5.41, 5.74) is 0. The highest BCUT2D eigenvalue weighted by Gasteiger charge is 2.16. The van der Waals surface area contributed by atoms with Crippen LogP contribution in [0.5, 0.6) is 0 Å². The maximum absolute atomic E-state index is 4.69. The van der Waals surface area contributed by atoms with Gasteiger partial charge in [0.05, 0.1) is 6.54 Å². The van der Waals surface area contributed by atoms with E-state index in [1.807, 2.05) is 11.8 Å². The van der Waals surface area contributed by atoms with Crippen LogP contribution in [0, 0.1) is 0 Å². The number of hydrogen-bond acceptors (Lipinski definition) is 4. The molecule has 2 saturated heterocycles. The number of nitrogens with zero attached hydrogens (tertiary/aromatic N) is 1. The predicted molar refractivity (Wildman–Crippen MR) is 75.5 cm³/mol. The van der Waals surface area contributed by atoms with E-state index in [1.165, 1.54) is 34.6 Å². The lowest BCUT2D eigenvalue weighted by atomic mass is 10.3. The number of nitrogens with one attached hydrogen (secondary N) is 1. The van der Waals surface area contributed by atoms with Gasteiger partial charge in [-0.25, -0.2) is 0 Å². The summed E-state index contributed by atoms with van der Waals surface area (Å²) in [6, 6.07) is 0.610. The van der Waals surface area contributed by atoms with Crippen molar-refractivity contribution >= 4 is 40.5 Å². The molecule has 2 rings (SSSR count). The molecule has 0 radical (unpaired) electrons. The third-order valence-electron chi connectivity index (χ3n) is 2.48. The number of thioether (sulfide) groups is 3. The Hall–Kier alpha value is 0.520. The zero-order valence-electron chi connectivity index (χ0n) is 9.07. The second kappa shape index (κ2) is 6.30. The summed E-state index contributed by atoms with van der Waals surface area (Å²) in [7, 11) is 0. The molecular formula is C10H18N2S3. The van der Waals surface area contributed by atoms with E-state index in [-0.39, 0.29) is 0 Å². The quantitative estimate of drug-likeness (QED) is 0.825. The molecule has 2 aliphatic rings. The van der Waals surface area contributed by atoms with E-state index in [4.69, 9.17) is 4.99 Å². The minimum Gasteiger partial charge on any atom is -0.362 e. The lowest BCUT2D eigenvalue weighted by Crippen LogP contribution is -2.36. The van der Waals surface area contributed by atoms with E-state index < -0.39 is 0 Å². The Morgan fingerprint density at radius 3 is 3.07 bits per heavy atom. The van der Waals surface area contributed by atoms with Crippen molar-refractivity contribution in [2.45, 2.75) is 24.6 Å². The molecule has 0 saturated carbocycles. The molecule has 0 spiro atoms. The van der Waals surface area contributed by atoms with Crippen LogP contribution in [0.4, 0.5) is 0 Å². The molecular weight excluding hydrogens is 244 g/mol. The summed E-state index contributed by atoms with van der Waals surface area (Å²) in [5.74, 6) is 5.13. The molecule has 2 unspecified atom stereocenters. The van der Waals surface area contributed by atoms with Crippen LogP contribution in [-0.2, 0) is 0 Å². The molecule has 0 aromatic heterocycles. The zero-order chi connectivity index (χ0) is 10.5. The van der Waals surface area contributed by atoms with Crippen LogP contribution < -0.4 is 5.32 Å². The molecule has 86 valence electrons. The van der Waals surface area contributed by atoms with Crippen molar-refractivity contribution in [3.63, 3.8) is 0 Å². The highest BCUT2D eigenvalue weighted by Crippen LogP contribution is 2.24. The summed E-state index contributed by atoms with van der Waals surface area (Å²) in [5, 5.41) is 5.37. The van der Waals surface area contributed by atoms with Gasteiger partial charge in [-0.3, -0.25) is 4.99 Å². The average Bonchev–Trinajstić information content (AvgIpc) is 2.28. The van der Waals surface area contributed by atoms with Gasteiger partial charge in [0.15, 0.2) is 5.17 Å². The average molecular weight is 262 g/mol. The first-order valence-electron chi connectivity index (χ1n) is 5.48. The van der Waals surface area contributed by atoms with Crippen molar-refractivity contribution in [1.82, 2.24) is 5.32 Å². The van der Waals surface area contributed by atoms with Crippen LogP contribution in [0.3, 0.4) is 0 Å². The third kappa shape index (κ3) is 4.11. The smallest absolute Gasteiger partial charge is 0.156 e. The summed E-state index contributed by atoms with van der Waals surface area (Å²) in [6.07, 6.45) is 1.26. The zero-order valence-corrected chi connectivity index (χ0v) is 11.5. The summed E-state index contributed by atoms with van der Waals surface area (Å²) in [4.78, 5) is 4.69. The summed E-state index contributed by atoms with van der Waals surface area (Å²) >= 11 is 6.04. The van der Waals surface area contributed by atoms with Gasteiger partial charge >= 0.3 is 0 Å². The molecule has 0 aromatic carbocycles. The topological polar surface area (TPSA) is 24.4 Å². The van der Waals surface area contributed by atoms with E-state index in [2.05, 4.69) is 35.8 Å². The molecule has 5 heteroatoms. The van der Waals surface area contributed by atoms with E-state index in [9.17, 15) is 0 Å². The number of hydrogen-bond donors (Lipinski definition) is 1. The molecule has 0 bridgehead atoms. The fourth-order valence-electron chi connectivity index (χ4n) is 1.58. The predicted octanol–water partition coefficient (Wildman–Crippen LogP) is 2.31. The molecule has 2 atom stereocenters. The lowest BCUT2D eigenvalue weighted by Gasteiger charge is -2.23. The van der Waals surface area contributed by atoms with Gasteiger partial charge in [0.25, 0.3) is 0 Å². The fraction of sp³-hybridized carbons (Fsp3) is 0.900. The standard InChI is InChI=1S/C10H18N2S3/c1-8-2-3-15-10(12-8)11-6-9-7-13-4-5-14-9/h8-9H,2-7H2,1H3,(H,11,12). The molecule has 0 aromatic rings. The molecule has 1 N–H and O–H groups in total. The second-order valence-corrected chi connectivity index (χ2v) is 7.54.